The molecule has 0 unspecified atom stereocenters. The van der Waals surface area contributed by atoms with Crippen molar-refractivity contribution in [3.05, 3.63) is 83.5 Å². The van der Waals surface area contributed by atoms with E-state index in [9.17, 15) is 9.59 Å². The summed E-state index contributed by atoms with van der Waals surface area (Å²) < 4.78 is 23.3. The fraction of sp³-hybridized carbons (Fsp3) is 0.240. The Morgan fingerprint density at radius 1 is 1.06 bits per heavy atom. The molecule has 1 aliphatic heterocycles. The molecule has 8 nitrogen and oxygen atoms in total. The zero-order valence-electron chi connectivity index (χ0n) is 19.7. The fourth-order valence-corrected chi connectivity index (χ4v) is 5.22. The summed E-state index contributed by atoms with van der Waals surface area (Å²) in [6.45, 7) is 1.71. The Kier molecular flexibility index (Phi) is 7.00. The Bertz CT molecular complexity index is 1520. The van der Waals surface area contributed by atoms with Crippen LogP contribution in [0.25, 0.3) is 6.08 Å². The Morgan fingerprint density at radius 2 is 1.77 bits per heavy atom. The highest BCUT2D eigenvalue weighted by Crippen LogP contribution is 2.37. The number of nitrogens with zero attached hydrogens (tertiary/aromatic N) is 2. The van der Waals surface area contributed by atoms with Gasteiger partial charge in [-0.2, -0.15) is 0 Å². The topological polar surface area (TPSA) is 88.4 Å². The standard InChI is InChI=1S/C25H23ClN2O6S/c1-13-21(24(30)34-5)22(17-12-15(26)6-8-19(17)33-4)28-23(29)20(35-25(28)27-13)11-14-10-16(31-2)7-9-18(14)32-3/h6-12,22H,1-5H3/b20-11-/t22-/m1/s1. The van der Waals surface area contributed by atoms with Gasteiger partial charge in [0.15, 0.2) is 4.80 Å². The van der Waals surface area contributed by atoms with Gasteiger partial charge in [0.1, 0.15) is 23.3 Å². The molecule has 4 rings (SSSR count). The molecule has 2 aromatic carbocycles. The van der Waals surface area contributed by atoms with Crippen LogP contribution in [0.2, 0.25) is 5.02 Å². The van der Waals surface area contributed by atoms with E-state index in [1.54, 1.807) is 63.6 Å². The van der Waals surface area contributed by atoms with Crippen LogP contribution in [0.3, 0.4) is 0 Å². The molecular formula is C25H23ClN2O6S. The number of esters is 1. The van der Waals surface area contributed by atoms with Crippen LogP contribution in [-0.2, 0) is 9.53 Å². The first-order chi connectivity index (χ1) is 16.8. The number of rotatable bonds is 6. The predicted octanol–water partition coefficient (Wildman–Crippen LogP) is 3.09. The summed E-state index contributed by atoms with van der Waals surface area (Å²) in [6, 6.07) is 9.52. The third-order valence-electron chi connectivity index (χ3n) is 5.64. The number of allylic oxidation sites excluding steroid dienone is 1. The minimum atomic E-state index is -0.846. The second kappa shape index (κ2) is 9.97. The maximum atomic E-state index is 13.8. The molecule has 1 atom stereocenters. The van der Waals surface area contributed by atoms with Crippen molar-refractivity contribution in [1.29, 1.82) is 0 Å². The molecule has 1 aromatic heterocycles. The highest BCUT2D eigenvalue weighted by atomic mass is 35.5. The minimum absolute atomic E-state index is 0.228. The SMILES string of the molecule is COC(=O)C1=C(C)N=c2s/c(=C\c3cc(OC)ccc3OC)c(=O)n2[C@@H]1c1cc(Cl)ccc1OC. The average molecular weight is 515 g/mol. The number of hydrogen-bond donors (Lipinski definition) is 0. The van der Waals surface area contributed by atoms with Gasteiger partial charge in [-0.05, 0) is 49.4 Å². The van der Waals surface area contributed by atoms with Crippen molar-refractivity contribution in [2.45, 2.75) is 13.0 Å². The Labute approximate surface area is 210 Å². The first-order valence-corrected chi connectivity index (χ1v) is 11.7. The van der Waals surface area contributed by atoms with E-state index in [0.29, 0.717) is 48.4 Å². The average Bonchev–Trinajstić information content (AvgIpc) is 3.16. The molecule has 1 aliphatic rings. The van der Waals surface area contributed by atoms with E-state index in [4.69, 9.17) is 30.5 Å². The van der Waals surface area contributed by atoms with Crippen molar-refractivity contribution in [2.75, 3.05) is 28.4 Å². The molecule has 0 spiro atoms. The molecule has 0 saturated heterocycles. The van der Waals surface area contributed by atoms with Gasteiger partial charge in [-0.25, -0.2) is 9.79 Å². The van der Waals surface area contributed by atoms with Crippen molar-refractivity contribution >= 4 is 35.0 Å². The Balaban J connectivity index is 2.03. The lowest BCUT2D eigenvalue weighted by molar-refractivity contribution is -0.136. The number of halogens is 1. The molecule has 0 fully saturated rings. The molecule has 35 heavy (non-hydrogen) atoms. The number of thiazole rings is 1. The van der Waals surface area contributed by atoms with Gasteiger partial charge in [0, 0.05) is 16.1 Å². The summed E-state index contributed by atoms with van der Waals surface area (Å²) in [5, 5.41) is 0.433. The summed E-state index contributed by atoms with van der Waals surface area (Å²) in [6.07, 6.45) is 1.72. The van der Waals surface area contributed by atoms with Gasteiger partial charge < -0.3 is 18.9 Å². The molecular weight excluding hydrogens is 492 g/mol. The molecule has 0 radical (unpaired) electrons. The number of fused-ring (bicyclic) bond motifs is 1. The smallest absolute Gasteiger partial charge is 0.338 e. The van der Waals surface area contributed by atoms with Crippen LogP contribution in [0.5, 0.6) is 17.2 Å². The van der Waals surface area contributed by atoms with Crippen LogP contribution in [0.15, 0.2) is 57.5 Å². The monoisotopic (exact) mass is 514 g/mol. The number of aromatic nitrogens is 1. The molecule has 2 heterocycles. The van der Waals surface area contributed by atoms with Gasteiger partial charge in [0.2, 0.25) is 0 Å². The van der Waals surface area contributed by atoms with Crippen molar-refractivity contribution in [3.63, 3.8) is 0 Å². The maximum absolute atomic E-state index is 13.8. The van der Waals surface area contributed by atoms with Crippen molar-refractivity contribution < 1.29 is 23.7 Å². The van der Waals surface area contributed by atoms with Gasteiger partial charge in [-0.1, -0.05) is 22.9 Å². The number of ether oxygens (including phenoxy) is 4. The van der Waals surface area contributed by atoms with Crippen molar-refractivity contribution in [2.24, 2.45) is 4.99 Å². The minimum Gasteiger partial charge on any atom is -0.497 e. The van der Waals surface area contributed by atoms with Gasteiger partial charge in [0.25, 0.3) is 5.56 Å². The van der Waals surface area contributed by atoms with E-state index < -0.39 is 12.0 Å². The zero-order valence-corrected chi connectivity index (χ0v) is 21.3. The Morgan fingerprint density at radius 3 is 2.43 bits per heavy atom. The van der Waals surface area contributed by atoms with Gasteiger partial charge in [-0.15, -0.1) is 0 Å². The van der Waals surface area contributed by atoms with E-state index in [0.717, 1.165) is 0 Å². The predicted molar refractivity (Wildman–Crippen MR) is 133 cm³/mol. The summed E-state index contributed by atoms with van der Waals surface area (Å²) in [4.78, 5) is 31.6. The van der Waals surface area contributed by atoms with Crippen molar-refractivity contribution in [1.82, 2.24) is 4.57 Å². The number of carbonyl (C=O) groups is 1. The van der Waals surface area contributed by atoms with Crippen LogP contribution in [0.1, 0.15) is 24.1 Å². The second-order valence-corrected chi connectivity index (χ2v) is 9.01. The quantitative estimate of drug-likeness (QED) is 0.470. The number of benzene rings is 2. The summed E-state index contributed by atoms with van der Waals surface area (Å²) >= 11 is 7.51. The molecule has 0 bridgehead atoms. The second-order valence-electron chi connectivity index (χ2n) is 7.57. The normalized spacial score (nSPS) is 15.4. The number of carbonyl (C=O) groups excluding carboxylic acids is 1. The van der Waals surface area contributed by atoms with Gasteiger partial charge in [0.05, 0.1) is 44.2 Å². The number of methoxy groups -OCH3 is 4. The molecule has 3 aromatic rings. The molecule has 10 heteroatoms. The lowest BCUT2D eigenvalue weighted by Crippen LogP contribution is -2.40. The van der Waals surface area contributed by atoms with E-state index in [-0.39, 0.29) is 11.1 Å². The number of hydrogen-bond acceptors (Lipinski definition) is 8. The largest absolute Gasteiger partial charge is 0.497 e. The third-order valence-corrected chi connectivity index (χ3v) is 6.85. The highest BCUT2D eigenvalue weighted by molar-refractivity contribution is 7.07. The van der Waals surface area contributed by atoms with E-state index in [1.807, 2.05) is 0 Å². The molecule has 0 N–H and O–H groups in total. The van der Waals surface area contributed by atoms with E-state index in [2.05, 4.69) is 4.99 Å². The Hall–Kier alpha value is -3.56. The zero-order chi connectivity index (χ0) is 25.3. The van der Waals surface area contributed by atoms with Crippen LogP contribution in [0, 0.1) is 0 Å². The summed E-state index contributed by atoms with van der Waals surface area (Å²) in [7, 11) is 5.92. The summed E-state index contributed by atoms with van der Waals surface area (Å²) in [5.41, 5.74) is 1.54. The van der Waals surface area contributed by atoms with Gasteiger partial charge in [-0.3, -0.25) is 9.36 Å². The third kappa shape index (κ3) is 4.44. The first kappa shape index (κ1) is 24.6. The van der Waals surface area contributed by atoms with Crippen LogP contribution in [0.4, 0.5) is 0 Å². The van der Waals surface area contributed by atoms with E-state index in [1.165, 1.54) is 30.1 Å². The van der Waals surface area contributed by atoms with Crippen molar-refractivity contribution in [3.8, 4) is 17.2 Å². The lowest BCUT2D eigenvalue weighted by Gasteiger charge is -2.25. The molecule has 0 saturated carbocycles. The molecule has 182 valence electrons. The maximum Gasteiger partial charge on any atom is 0.338 e. The summed E-state index contributed by atoms with van der Waals surface area (Å²) in [5.74, 6) is 1.08. The van der Waals surface area contributed by atoms with E-state index >= 15 is 0 Å². The first-order valence-electron chi connectivity index (χ1n) is 10.5. The lowest BCUT2D eigenvalue weighted by atomic mass is 9.95. The fourth-order valence-electron chi connectivity index (χ4n) is 4.00. The van der Waals surface area contributed by atoms with Crippen LogP contribution >= 0.6 is 22.9 Å². The highest BCUT2D eigenvalue weighted by Gasteiger charge is 2.35. The molecule has 0 amide bonds. The van der Waals surface area contributed by atoms with Crippen LogP contribution in [-0.4, -0.2) is 39.0 Å². The van der Waals surface area contributed by atoms with Gasteiger partial charge >= 0.3 is 5.97 Å². The van der Waals surface area contributed by atoms with Crippen LogP contribution < -0.4 is 29.1 Å². The molecule has 0 aliphatic carbocycles.